The summed E-state index contributed by atoms with van der Waals surface area (Å²) < 4.78 is 2.11. The van der Waals surface area contributed by atoms with Gasteiger partial charge in [0.05, 0.1) is 5.69 Å². The second-order valence-corrected chi connectivity index (χ2v) is 7.49. The van der Waals surface area contributed by atoms with Crippen molar-refractivity contribution < 1.29 is 4.79 Å². The third-order valence-electron chi connectivity index (χ3n) is 4.32. The number of aryl methyl sites for hydroxylation is 2. The standard InChI is InChI=1S/C21H23N3OS/c1-15-11-12-19(14-16(15)2)24-20(18-9-5-4-6-10-18)22-23-21(24)26-13-7-8-17(3)25/h4-6,9-12,14H,7-8,13H2,1-3H3. The number of hydrogen-bond acceptors (Lipinski definition) is 4. The van der Waals surface area contributed by atoms with Gasteiger partial charge in [-0.2, -0.15) is 0 Å². The number of ketones is 1. The first-order chi connectivity index (χ1) is 12.6. The lowest BCUT2D eigenvalue weighted by Gasteiger charge is -2.12. The van der Waals surface area contributed by atoms with E-state index in [9.17, 15) is 4.79 Å². The lowest BCUT2D eigenvalue weighted by Crippen LogP contribution is -2.01. The van der Waals surface area contributed by atoms with Crippen LogP contribution in [-0.4, -0.2) is 26.3 Å². The highest BCUT2D eigenvalue weighted by Crippen LogP contribution is 2.29. The van der Waals surface area contributed by atoms with E-state index in [4.69, 9.17) is 0 Å². The van der Waals surface area contributed by atoms with Crippen molar-refractivity contribution in [3.63, 3.8) is 0 Å². The Morgan fingerprint density at radius 3 is 2.50 bits per heavy atom. The van der Waals surface area contributed by atoms with E-state index in [1.165, 1.54) is 11.1 Å². The Kier molecular flexibility index (Phi) is 5.89. The van der Waals surface area contributed by atoms with Crippen molar-refractivity contribution in [2.45, 2.75) is 38.8 Å². The lowest BCUT2D eigenvalue weighted by molar-refractivity contribution is -0.117. The van der Waals surface area contributed by atoms with Crippen molar-refractivity contribution in [2.75, 3.05) is 5.75 Å². The third kappa shape index (κ3) is 4.22. The number of aromatic nitrogens is 3. The SMILES string of the molecule is CC(=O)CCCSc1nnc(-c2ccccc2)n1-c1ccc(C)c(C)c1. The van der Waals surface area contributed by atoms with Gasteiger partial charge in [0, 0.05) is 17.7 Å². The molecule has 0 fully saturated rings. The van der Waals surface area contributed by atoms with Gasteiger partial charge in [-0.1, -0.05) is 48.2 Å². The van der Waals surface area contributed by atoms with Gasteiger partial charge in [0.2, 0.25) is 0 Å². The molecule has 3 rings (SSSR count). The highest BCUT2D eigenvalue weighted by atomic mass is 32.2. The van der Waals surface area contributed by atoms with E-state index in [1.54, 1.807) is 18.7 Å². The Morgan fingerprint density at radius 1 is 1.04 bits per heavy atom. The molecule has 5 heteroatoms. The largest absolute Gasteiger partial charge is 0.300 e. The number of benzene rings is 2. The fourth-order valence-electron chi connectivity index (χ4n) is 2.72. The van der Waals surface area contributed by atoms with Crippen LogP contribution in [0.1, 0.15) is 30.9 Å². The molecular formula is C21H23N3OS. The number of thioether (sulfide) groups is 1. The van der Waals surface area contributed by atoms with E-state index in [0.717, 1.165) is 34.4 Å². The van der Waals surface area contributed by atoms with Crippen LogP contribution in [0.3, 0.4) is 0 Å². The minimum atomic E-state index is 0.228. The number of nitrogens with zero attached hydrogens (tertiary/aromatic N) is 3. The Balaban J connectivity index is 1.98. The van der Waals surface area contributed by atoms with Crippen molar-refractivity contribution in [3.05, 3.63) is 59.7 Å². The van der Waals surface area contributed by atoms with Gasteiger partial charge in [-0.25, -0.2) is 0 Å². The van der Waals surface area contributed by atoms with E-state index in [2.05, 4.69) is 46.8 Å². The molecule has 0 amide bonds. The second-order valence-electron chi connectivity index (χ2n) is 6.43. The van der Waals surface area contributed by atoms with E-state index < -0.39 is 0 Å². The van der Waals surface area contributed by atoms with Crippen LogP contribution in [0, 0.1) is 13.8 Å². The minimum Gasteiger partial charge on any atom is -0.300 e. The number of Topliss-reactive ketones (excluding diaryl/α,β-unsaturated/α-hetero) is 1. The number of carbonyl (C=O) groups excluding carboxylic acids is 1. The van der Waals surface area contributed by atoms with Crippen molar-refractivity contribution >= 4 is 17.5 Å². The summed E-state index contributed by atoms with van der Waals surface area (Å²) in [6, 6.07) is 16.5. The fourth-order valence-corrected chi connectivity index (χ4v) is 3.61. The Labute approximate surface area is 158 Å². The van der Waals surface area contributed by atoms with E-state index in [-0.39, 0.29) is 5.78 Å². The fraction of sp³-hybridized carbons (Fsp3) is 0.286. The predicted octanol–water partition coefficient (Wildman–Crippen LogP) is 5.01. The summed E-state index contributed by atoms with van der Waals surface area (Å²) in [5.74, 6) is 1.91. The highest BCUT2D eigenvalue weighted by Gasteiger charge is 2.16. The van der Waals surface area contributed by atoms with Crippen molar-refractivity contribution in [1.82, 2.24) is 14.8 Å². The molecule has 0 bridgehead atoms. The van der Waals surface area contributed by atoms with Crippen molar-refractivity contribution in [2.24, 2.45) is 0 Å². The zero-order chi connectivity index (χ0) is 18.5. The summed E-state index contributed by atoms with van der Waals surface area (Å²) in [6.45, 7) is 5.86. The molecule has 0 saturated heterocycles. The van der Waals surface area contributed by atoms with Gasteiger partial charge < -0.3 is 4.79 Å². The summed E-state index contributed by atoms with van der Waals surface area (Å²) >= 11 is 1.65. The molecule has 1 heterocycles. The molecule has 0 aliphatic carbocycles. The van der Waals surface area contributed by atoms with Crippen LogP contribution in [0.25, 0.3) is 17.1 Å². The molecule has 0 spiro atoms. The zero-order valence-electron chi connectivity index (χ0n) is 15.4. The van der Waals surface area contributed by atoms with Gasteiger partial charge >= 0.3 is 0 Å². The topological polar surface area (TPSA) is 47.8 Å². The van der Waals surface area contributed by atoms with Crippen LogP contribution in [-0.2, 0) is 4.79 Å². The maximum atomic E-state index is 11.2. The summed E-state index contributed by atoms with van der Waals surface area (Å²) in [6.07, 6.45) is 1.46. The smallest absolute Gasteiger partial charge is 0.196 e. The molecule has 3 aromatic rings. The average Bonchev–Trinajstić information content (AvgIpc) is 3.05. The second kappa shape index (κ2) is 8.32. The summed E-state index contributed by atoms with van der Waals surface area (Å²) in [7, 11) is 0. The molecule has 0 aliphatic heterocycles. The maximum absolute atomic E-state index is 11.2. The molecule has 0 radical (unpaired) electrons. The first kappa shape index (κ1) is 18.4. The summed E-state index contributed by atoms with van der Waals surface area (Å²) in [5.41, 5.74) is 4.60. The normalized spacial score (nSPS) is 10.9. The Hall–Kier alpha value is -2.40. The van der Waals surface area contributed by atoms with Gasteiger partial charge in [0.25, 0.3) is 0 Å². The van der Waals surface area contributed by atoms with E-state index in [1.807, 2.05) is 30.3 Å². The molecule has 2 aromatic carbocycles. The molecule has 0 saturated carbocycles. The average molecular weight is 366 g/mol. The van der Waals surface area contributed by atoms with Crippen LogP contribution < -0.4 is 0 Å². The van der Waals surface area contributed by atoms with Crippen LogP contribution in [0.15, 0.2) is 53.7 Å². The Bertz CT molecular complexity index is 903. The van der Waals surface area contributed by atoms with Crippen LogP contribution >= 0.6 is 11.8 Å². The highest BCUT2D eigenvalue weighted by molar-refractivity contribution is 7.99. The van der Waals surface area contributed by atoms with Crippen molar-refractivity contribution in [1.29, 1.82) is 0 Å². The molecule has 0 aliphatic rings. The quantitative estimate of drug-likeness (QED) is 0.436. The van der Waals surface area contributed by atoms with E-state index in [0.29, 0.717) is 6.42 Å². The Morgan fingerprint density at radius 2 is 1.81 bits per heavy atom. The third-order valence-corrected chi connectivity index (χ3v) is 5.33. The van der Waals surface area contributed by atoms with Crippen LogP contribution in [0.2, 0.25) is 0 Å². The molecule has 1 aromatic heterocycles. The van der Waals surface area contributed by atoms with Crippen LogP contribution in [0.4, 0.5) is 0 Å². The zero-order valence-corrected chi connectivity index (χ0v) is 16.2. The minimum absolute atomic E-state index is 0.228. The molecule has 0 N–H and O–H groups in total. The van der Waals surface area contributed by atoms with Gasteiger partial charge in [-0.3, -0.25) is 4.57 Å². The van der Waals surface area contributed by atoms with E-state index >= 15 is 0 Å². The van der Waals surface area contributed by atoms with Gasteiger partial charge in [-0.05, 0) is 50.5 Å². The first-order valence-electron chi connectivity index (χ1n) is 8.77. The molecule has 26 heavy (non-hydrogen) atoms. The monoisotopic (exact) mass is 365 g/mol. The van der Waals surface area contributed by atoms with Gasteiger partial charge in [0.1, 0.15) is 5.78 Å². The molecular weight excluding hydrogens is 342 g/mol. The first-order valence-corrected chi connectivity index (χ1v) is 9.75. The van der Waals surface area contributed by atoms with Crippen LogP contribution in [0.5, 0.6) is 0 Å². The molecule has 134 valence electrons. The van der Waals surface area contributed by atoms with Gasteiger partial charge in [0.15, 0.2) is 11.0 Å². The molecule has 4 nitrogen and oxygen atoms in total. The van der Waals surface area contributed by atoms with Crippen molar-refractivity contribution in [3.8, 4) is 17.1 Å². The maximum Gasteiger partial charge on any atom is 0.196 e. The molecule has 0 atom stereocenters. The predicted molar refractivity (Wildman–Crippen MR) is 107 cm³/mol. The summed E-state index contributed by atoms with van der Waals surface area (Å²) in [5, 5.41) is 9.74. The summed E-state index contributed by atoms with van der Waals surface area (Å²) in [4.78, 5) is 11.2. The van der Waals surface area contributed by atoms with Gasteiger partial charge in [-0.15, -0.1) is 10.2 Å². The molecule has 0 unspecified atom stereocenters. The number of carbonyl (C=O) groups is 1. The number of hydrogen-bond donors (Lipinski definition) is 0. The number of rotatable bonds is 7. The lowest BCUT2D eigenvalue weighted by atomic mass is 10.1.